The summed E-state index contributed by atoms with van der Waals surface area (Å²) in [6, 6.07) is 2.08. The molecule has 2 unspecified atom stereocenters. The lowest BCUT2D eigenvalue weighted by Crippen LogP contribution is -2.33. The largest absolute Gasteiger partial charge is 0.288 e. The second-order valence-electron chi connectivity index (χ2n) is 7.16. The Kier molecular flexibility index (Phi) is 3.80. The zero-order valence-corrected chi connectivity index (χ0v) is 14.2. The maximum atomic E-state index is 11.8. The van der Waals surface area contributed by atoms with E-state index in [4.69, 9.17) is 5.26 Å². The fourth-order valence-electron chi connectivity index (χ4n) is 4.04. The van der Waals surface area contributed by atoms with Gasteiger partial charge in [0.2, 0.25) is 5.91 Å². The highest BCUT2D eigenvalue weighted by Crippen LogP contribution is 2.64. The summed E-state index contributed by atoms with van der Waals surface area (Å²) in [5, 5.41) is 18.3. The SMILES string of the molecule is CC12CCC(CC1=NN=C1SCC(=O)N1CCC#N)C2(C)C. The van der Waals surface area contributed by atoms with E-state index in [-0.39, 0.29) is 16.7 Å². The molecule has 1 heterocycles. The van der Waals surface area contributed by atoms with Crippen molar-refractivity contribution >= 4 is 28.5 Å². The molecule has 2 saturated carbocycles. The number of amides is 1. The number of nitriles is 1. The molecule has 0 aromatic rings. The van der Waals surface area contributed by atoms with Gasteiger partial charge in [0.25, 0.3) is 0 Å². The highest BCUT2D eigenvalue weighted by molar-refractivity contribution is 8.15. The van der Waals surface area contributed by atoms with Crippen LogP contribution in [0, 0.1) is 28.1 Å². The number of rotatable bonds is 3. The van der Waals surface area contributed by atoms with Gasteiger partial charge in [-0.05, 0) is 30.6 Å². The van der Waals surface area contributed by atoms with E-state index in [0.717, 1.165) is 6.42 Å². The van der Waals surface area contributed by atoms with E-state index in [2.05, 4.69) is 37.0 Å². The predicted molar refractivity (Wildman–Crippen MR) is 88.5 cm³/mol. The van der Waals surface area contributed by atoms with Crippen LogP contribution in [0.1, 0.15) is 46.5 Å². The second kappa shape index (κ2) is 5.38. The van der Waals surface area contributed by atoms with Crippen LogP contribution in [0.3, 0.4) is 0 Å². The van der Waals surface area contributed by atoms with Gasteiger partial charge in [-0.25, -0.2) is 0 Å². The molecule has 0 aromatic carbocycles. The lowest BCUT2D eigenvalue weighted by Gasteiger charge is -2.34. The smallest absolute Gasteiger partial charge is 0.239 e. The van der Waals surface area contributed by atoms with E-state index in [0.29, 0.717) is 29.8 Å². The Balaban J connectivity index is 1.82. The van der Waals surface area contributed by atoms with Crippen molar-refractivity contribution < 1.29 is 4.79 Å². The Labute approximate surface area is 135 Å². The molecular weight excluding hydrogens is 296 g/mol. The van der Waals surface area contributed by atoms with Gasteiger partial charge in [0.15, 0.2) is 5.17 Å². The van der Waals surface area contributed by atoms with Crippen LogP contribution in [0.5, 0.6) is 0 Å². The van der Waals surface area contributed by atoms with E-state index >= 15 is 0 Å². The number of nitrogens with zero attached hydrogens (tertiary/aromatic N) is 4. The molecule has 1 saturated heterocycles. The van der Waals surface area contributed by atoms with E-state index in [1.165, 1.54) is 30.3 Å². The van der Waals surface area contributed by atoms with Crippen molar-refractivity contribution in [1.29, 1.82) is 5.26 Å². The Bertz CT molecular complexity index is 604. The minimum absolute atomic E-state index is 0.0266. The molecule has 3 aliphatic rings. The summed E-state index contributed by atoms with van der Waals surface area (Å²) in [5.74, 6) is 1.13. The summed E-state index contributed by atoms with van der Waals surface area (Å²) in [4.78, 5) is 13.4. The highest BCUT2D eigenvalue weighted by atomic mass is 32.2. The molecule has 0 spiro atoms. The summed E-state index contributed by atoms with van der Waals surface area (Å²) in [5.41, 5.74) is 1.60. The number of thioether (sulfide) groups is 1. The zero-order chi connectivity index (χ0) is 16.0. The van der Waals surface area contributed by atoms with Gasteiger partial charge in [0.05, 0.1) is 18.2 Å². The van der Waals surface area contributed by atoms with E-state index in [1.54, 1.807) is 4.90 Å². The molecule has 0 N–H and O–H groups in total. The van der Waals surface area contributed by atoms with Crippen molar-refractivity contribution in [3.8, 4) is 6.07 Å². The first-order valence-corrected chi connectivity index (χ1v) is 8.84. The van der Waals surface area contributed by atoms with Crippen LogP contribution in [-0.2, 0) is 4.79 Å². The van der Waals surface area contributed by atoms with Gasteiger partial charge in [-0.15, -0.1) is 5.10 Å². The van der Waals surface area contributed by atoms with Crippen molar-refractivity contribution in [2.24, 2.45) is 27.0 Å². The fraction of sp³-hybridized carbons (Fsp3) is 0.750. The molecule has 5 nitrogen and oxygen atoms in total. The van der Waals surface area contributed by atoms with E-state index in [1.807, 2.05) is 0 Å². The maximum absolute atomic E-state index is 11.8. The quantitative estimate of drug-likeness (QED) is 0.751. The summed E-state index contributed by atoms with van der Waals surface area (Å²) in [6.07, 6.45) is 3.81. The minimum atomic E-state index is 0.0266. The average molecular weight is 318 g/mol. The van der Waals surface area contributed by atoms with Gasteiger partial charge in [-0.2, -0.15) is 10.4 Å². The summed E-state index contributed by atoms with van der Waals surface area (Å²) in [7, 11) is 0. The van der Waals surface area contributed by atoms with Crippen molar-refractivity contribution in [3.05, 3.63) is 0 Å². The normalized spacial score (nSPS) is 36.5. The number of carbonyl (C=O) groups is 1. The van der Waals surface area contributed by atoms with Gasteiger partial charge in [0.1, 0.15) is 0 Å². The van der Waals surface area contributed by atoms with Crippen molar-refractivity contribution in [1.82, 2.24) is 4.90 Å². The molecular formula is C16H22N4OS. The summed E-state index contributed by atoms with van der Waals surface area (Å²) >= 11 is 1.42. The predicted octanol–water partition coefficient (Wildman–Crippen LogP) is 3.03. The van der Waals surface area contributed by atoms with Gasteiger partial charge < -0.3 is 0 Å². The molecule has 1 amide bonds. The Morgan fingerprint density at radius 3 is 2.77 bits per heavy atom. The van der Waals surface area contributed by atoms with E-state index < -0.39 is 0 Å². The number of fused-ring (bicyclic) bond motifs is 2. The van der Waals surface area contributed by atoms with Crippen molar-refractivity contribution in [2.75, 3.05) is 12.3 Å². The first-order chi connectivity index (χ1) is 10.4. The Hall–Kier alpha value is -1.35. The third-order valence-corrected chi connectivity index (χ3v) is 7.02. The third-order valence-electron chi connectivity index (χ3n) is 6.07. The Morgan fingerprint density at radius 1 is 1.41 bits per heavy atom. The lowest BCUT2D eigenvalue weighted by molar-refractivity contribution is -0.124. The van der Waals surface area contributed by atoms with E-state index in [9.17, 15) is 4.79 Å². The van der Waals surface area contributed by atoms with Crippen LogP contribution in [0.4, 0.5) is 0 Å². The number of carbonyl (C=O) groups excluding carboxylic acids is 1. The zero-order valence-electron chi connectivity index (χ0n) is 13.4. The second-order valence-corrected chi connectivity index (χ2v) is 8.11. The molecule has 3 rings (SSSR count). The monoisotopic (exact) mass is 318 g/mol. The first-order valence-electron chi connectivity index (χ1n) is 7.85. The maximum Gasteiger partial charge on any atom is 0.239 e. The van der Waals surface area contributed by atoms with Crippen LogP contribution in [-0.4, -0.2) is 34.0 Å². The molecule has 2 bridgehead atoms. The Morgan fingerprint density at radius 2 is 2.18 bits per heavy atom. The molecule has 3 fully saturated rings. The standard InChI is InChI=1S/C16H22N4OS/c1-15(2)11-5-6-16(15,3)12(9-11)18-19-14-20(8-4-7-17)13(21)10-22-14/h11H,4-6,8-10H2,1-3H3. The molecule has 6 heteroatoms. The average Bonchev–Trinajstić information content (AvgIpc) is 3.00. The molecule has 118 valence electrons. The molecule has 2 atom stereocenters. The molecule has 0 radical (unpaired) electrons. The van der Waals surface area contributed by atoms with Gasteiger partial charge in [-0.1, -0.05) is 32.5 Å². The number of hydrogen-bond donors (Lipinski definition) is 0. The number of hydrogen-bond acceptors (Lipinski definition) is 5. The minimum Gasteiger partial charge on any atom is -0.288 e. The summed E-state index contributed by atoms with van der Waals surface area (Å²) < 4.78 is 0. The van der Waals surface area contributed by atoms with Crippen molar-refractivity contribution in [3.63, 3.8) is 0 Å². The van der Waals surface area contributed by atoms with Crippen molar-refractivity contribution in [2.45, 2.75) is 46.5 Å². The molecule has 0 aromatic heterocycles. The van der Waals surface area contributed by atoms with Crippen LogP contribution < -0.4 is 0 Å². The van der Waals surface area contributed by atoms with Gasteiger partial charge in [-0.3, -0.25) is 9.69 Å². The van der Waals surface area contributed by atoms with Crippen LogP contribution in [0.25, 0.3) is 0 Å². The third kappa shape index (κ3) is 2.18. The van der Waals surface area contributed by atoms with Crippen LogP contribution >= 0.6 is 11.8 Å². The summed E-state index contributed by atoms with van der Waals surface area (Å²) in [6.45, 7) is 7.40. The first kappa shape index (κ1) is 15.5. The fourth-order valence-corrected chi connectivity index (χ4v) is 4.89. The highest BCUT2D eigenvalue weighted by Gasteiger charge is 2.60. The molecule has 22 heavy (non-hydrogen) atoms. The van der Waals surface area contributed by atoms with Crippen LogP contribution in [0.15, 0.2) is 10.2 Å². The topological polar surface area (TPSA) is 68.8 Å². The van der Waals surface area contributed by atoms with Gasteiger partial charge in [0, 0.05) is 17.7 Å². The van der Waals surface area contributed by atoms with Crippen LogP contribution in [0.2, 0.25) is 0 Å². The molecule has 2 aliphatic carbocycles. The molecule has 1 aliphatic heterocycles. The van der Waals surface area contributed by atoms with Gasteiger partial charge >= 0.3 is 0 Å². The lowest BCUT2D eigenvalue weighted by atomic mass is 9.70. The number of amidine groups is 1.